The minimum absolute atomic E-state index is 0.0230. The van der Waals surface area contributed by atoms with Crippen molar-refractivity contribution in [2.75, 3.05) is 0 Å². The molecule has 138 valence electrons. The van der Waals surface area contributed by atoms with Gasteiger partial charge < -0.3 is 0 Å². The topological polar surface area (TPSA) is 80.5 Å². The normalized spacial score (nSPS) is 15.7. The van der Waals surface area contributed by atoms with Gasteiger partial charge in [-0.1, -0.05) is 29.3 Å². The first-order chi connectivity index (χ1) is 12.8. The first kappa shape index (κ1) is 19.3. The number of hydrogen-bond donors (Lipinski definition) is 0. The first-order valence-corrected chi connectivity index (χ1v) is 8.97. The van der Waals surface area contributed by atoms with Crippen LogP contribution in [0.4, 0.5) is 14.9 Å². The Hall–Kier alpha value is -2.42. The van der Waals surface area contributed by atoms with Gasteiger partial charge in [0.25, 0.3) is 16.8 Å². The average molecular weight is 427 g/mol. The van der Waals surface area contributed by atoms with Gasteiger partial charge in [0.1, 0.15) is 5.82 Å². The summed E-state index contributed by atoms with van der Waals surface area (Å²) in [6.07, 6.45) is 1.29. The van der Waals surface area contributed by atoms with Gasteiger partial charge in [-0.2, -0.15) is 0 Å². The number of nitrogens with zero attached hydrogens (tertiary/aromatic N) is 2. The highest BCUT2D eigenvalue weighted by Crippen LogP contribution is 2.36. The van der Waals surface area contributed by atoms with E-state index in [9.17, 15) is 24.1 Å². The Morgan fingerprint density at radius 3 is 2.59 bits per heavy atom. The molecule has 0 N–H and O–H groups in total. The lowest BCUT2D eigenvalue weighted by Gasteiger charge is -2.14. The molecule has 3 rings (SSSR count). The third kappa shape index (κ3) is 3.97. The van der Waals surface area contributed by atoms with Crippen LogP contribution in [0.5, 0.6) is 0 Å². The van der Waals surface area contributed by atoms with Crippen molar-refractivity contribution in [3.05, 3.63) is 78.4 Å². The zero-order valence-corrected chi connectivity index (χ0v) is 15.6. The van der Waals surface area contributed by atoms with Crippen LogP contribution in [0.3, 0.4) is 0 Å². The van der Waals surface area contributed by atoms with Gasteiger partial charge in [0.15, 0.2) is 0 Å². The number of benzene rings is 2. The fourth-order valence-electron chi connectivity index (χ4n) is 2.37. The van der Waals surface area contributed by atoms with E-state index in [2.05, 4.69) is 0 Å². The van der Waals surface area contributed by atoms with E-state index in [1.54, 1.807) is 0 Å². The summed E-state index contributed by atoms with van der Waals surface area (Å²) in [4.78, 5) is 35.9. The molecule has 0 bridgehead atoms. The van der Waals surface area contributed by atoms with E-state index >= 15 is 0 Å². The molecule has 0 spiro atoms. The number of rotatable bonds is 4. The molecule has 27 heavy (non-hydrogen) atoms. The number of carbonyl (C=O) groups is 2. The molecule has 1 aliphatic heterocycles. The van der Waals surface area contributed by atoms with E-state index in [4.69, 9.17) is 23.2 Å². The van der Waals surface area contributed by atoms with Crippen molar-refractivity contribution < 1.29 is 18.9 Å². The second kappa shape index (κ2) is 7.67. The van der Waals surface area contributed by atoms with Crippen LogP contribution in [0, 0.1) is 15.9 Å². The maximum Gasteiger partial charge on any atom is 0.293 e. The zero-order chi connectivity index (χ0) is 19.7. The number of hydrogen-bond acceptors (Lipinski definition) is 5. The molecule has 0 unspecified atom stereocenters. The molecule has 1 aliphatic rings. The van der Waals surface area contributed by atoms with Crippen LogP contribution in [0.15, 0.2) is 41.3 Å². The highest BCUT2D eigenvalue weighted by atomic mass is 35.5. The Balaban J connectivity index is 1.91. The predicted molar refractivity (Wildman–Crippen MR) is 101 cm³/mol. The largest absolute Gasteiger partial charge is 0.293 e. The van der Waals surface area contributed by atoms with Crippen LogP contribution in [-0.2, 0) is 11.3 Å². The number of imide groups is 1. The molecular formula is C17H9Cl2FN2O4S. The van der Waals surface area contributed by atoms with Gasteiger partial charge in [-0.05, 0) is 36.0 Å². The van der Waals surface area contributed by atoms with E-state index in [1.165, 1.54) is 42.5 Å². The molecule has 0 saturated carbocycles. The van der Waals surface area contributed by atoms with Crippen LogP contribution in [-0.4, -0.2) is 21.0 Å². The van der Waals surface area contributed by atoms with Gasteiger partial charge in [0.2, 0.25) is 0 Å². The Labute approximate surface area is 166 Å². The fraction of sp³-hybridized carbons (Fsp3) is 0.0588. The van der Waals surface area contributed by atoms with Crippen LogP contribution >= 0.6 is 35.0 Å². The molecular weight excluding hydrogens is 418 g/mol. The van der Waals surface area contributed by atoms with Gasteiger partial charge in [-0.25, -0.2) is 4.39 Å². The number of nitro groups is 1. The number of amides is 2. The number of carbonyl (C=O) groups excluding carboxylic acids is 2. The zero-order valence-electron chi connectivity index (χ0n) is 13.3. The average Bonchev–Trinajstić information content (AvgIpc) is 2.87. The standard InChI is InChI=1S/C17H9Cl2FN2O4S/c18-12-5-4-10(22(25)26)6-9(12)7-15-16(23)21(17(24)27-15)8-11-13(19)2-1-3-14(11)20/h1-7H,8H2/b15-7-. The van der Waals surface area contributed by atoms with Crippen LogP contribution in [0.1, 0.15) is 11.1 Å². The van der Waals surface area contributed by atoms with Gasteiger partial charge in [0, 0.05) is 33.3 Å². The number of halogens is 3. The molecule has 1 fully saturated rings. The summed E-state index contributed by atoms with van der Waals surface area (Å²) in [5, 5.41) is 10.6. The van der Waals surface area contributed by atoms with Crippen molar-refractivity contribution in [2.24, 2.45) is 0 Å². The van der Waals surface area contributed by atoms with Gasteiger partial charge in [0.05, 0.1) is 16.4 Å². The van der Waals surface area contributed by atoms with Gasteiger partial charge in [-0.3, -0.25) is 24.6 Å². The third-order valence-corrected chi connectivity index (χ3v) is 5.33. The lowest BCUT2D eigenvalue weighted by Crippen LogP contribution is -2.28. The number of non-ortho nitro benzene ring substituents is 1. The number of thioether (sulfide) groups is 1. The third-order valence-electron chi connectivity index (χ3n) is 3.73. The molecule has 10 heteroatoms. The molecule has 2 aromatic carbocycles. The van der Waals surface area contributed by atoms with Crippen molar-refractivity contribution in [3.8, 4) is 0 Å². The summed E-state index contributed by atoms with van der Waals surface area (Å²) >= 11 is 12.6. The number of nitro benzene ring substituents is 1. The summed E-state index contributed by atoms with van der Waals surface area (Å²) in [5.41, 5.74) is 0.0411. The Morgan fingerprint density at radius 2 is 1.93 bits per heavy atom. The summed E-state index contributed by atoms with van der Waals surface area (Å²) < 4.78 is 13.9. The monoisotopic (exact) mass is 426 g/mol. The molecule has 2 amide bonds. The maximum absolute atomic E-state index is 13.9. The van der Waals surface area contributed by atoms with E-state index in [0.29, 0.717) is 11.8 Å². The Morgan fingerprint density at radius 1 is 1.19 bits per heavy atom. The molecule has 0 aromatic heterocycles. The second-order valence-electron chi connectivity index (χ2n) is 5.43. The minimum Gasteiger partial charge on any atom is -0.268 e. The molecule has 6 nitrogen and oxygen atoms in total. The van der Waals surface area contributed by atoms with Crippen molar-refractivity contribution in [2.45, 2.75) is 6.54 Å². The van der Waals surface area contributed by atoms with Crippen LogP contribution < -0.4 is 0 Å². The van der Waals surface area contributed by atoms with Crippen LogP contribution in [0.2, 0.25) is 10.0 Å². The smallest absolute Gasteiger partial charge is 0.268 e. The summed E-state index contributed by atoms with van der Waals surface area (Å²) in [6.45, 7) is -0.323. The Kier molecular flexibility index (Phi) is 5.50. The molecule has 0 radical (unpaired) electrons. The molecule has 1 saturated heterocycles. The maximum atomic E-state index is 13.9. The lowest BCUT2D eigenvalue weighted by atomic mass is 10.1. The highest BCUT2D eigenvalue weighted by molar-refractivity contribution is 8.18. The highest BCUT2D eigenvalue weighted by Gasteiger charge is 2.36. The molecule has 2 aromatic rings. The Bertz CT molecular complexity index is 992. The van der Waals surface area contributed by atoms with Crippen molar-refractivity contribution in [1.29, 1.82) is 0 Å². The van der Waals surface area contributed by atoms with E-state index < -0.39 is 21.9 Å². The van der Waals surface area contributed by atoms with E-state index in [-0.39, 0.29) is 38.3 Å². The van der Waals surface area contributed by atoms with Crippen molar-refractivity contribution >= 4 is 57.9 Å². The minimum atomic E-state index is -0.660. The lowest BCUT2D eigenvalue weighted by molar-refractivity contribution is -0.384. The SMILES string of the molecule is O=C1S/C(=C\c2cc([N+](=O)[O-])ccc2Cl)C(=O)N1Cc1c(F)cccc1Cl. The van der Waals surface area contributed by atoms with E-state index in [1.807, 2.05) is 0 Å². The summed E-state index contributed by atoms with van der Waals surface area (Å²) in [7, 11) is 0. The predicted octanol–water partition coefficient (Wildman–Crippen LogP) is 5.28. The fourth-order valence-corrected chi connectivity index (χ4v) is 3.60. The quantitative estimate of drug-likeness (QED) is 0.377. The van der Waals surface area contributed by atoms with Gasteiger partial charge >= 0.3 is 0 Å². The van der Waals surface area contributed by atoms with Crippen molar-refractivity contribution in [1.82, 2.24) is 4.90 Å². The van der Waals surface area contributed by atoms with Crippen molar-refractivity contribution in [3.63, 3.8) is 0 Å². The molecule has 0 aliphatic carbocycles. The second-order valence-corrected chi connectivity index (χ2v) is 7.24. The van der Waals surface area contributed by atoms with Crippen LogP contribution in [0.25, 0.3) is 6.08 Å². The van der Waals surface area contributed by atoms with Gasteiger partial charge in [-0.15, -0.1) is 0 Å². The molecule has 0 atom stereocenters. The van der Waals surface area contributed by atoms with E-state index in [0.717, 1.165) is 4.90 Å². The molecule has 1 heterocycles. The summed E-state index contributed by atoms with van der Waals surface area (Å²) in [5.74, 6) is -1.29. The first-order valence-electron chi connectivity index (χ1n) is 7.40. The summed E-state index contributed by atoms with van der Waals surface area (Å²) in [6, 6.07) is 7.81.